The SMILES string of the molecule is C=C[C@H](N)c1cccc(F)c1C#N. The van der Waals surface area contributed by atoms with Gasteiger partial charge in [-0.1, -0.05) is 18.2 Å². The zero-order valence-electron chi connectivity index (χ0n) is 7.00. The maximum Gasteiger partial charge on any atom is 0.141 e. The van der Waals surface area contributed by atoms with Crippen LogP contribution >= 0.6 is 0 Å². The molecule has 0 unspecified atom stereocenters. The zero-order valence-corrected chi connectivity index (χ0v) is 7.00. The van der Waals surface area contributed by atoms with Gasteiger partial charge in [0.15, 0.2) is 0 Å². The molecule has 66 valence electrons. The first-order valence-corrected chi connectivity index (χ1v) is 3.77. The monoisotopic (exact) mass is 176 g/mol. The average Bonchev–Trinajstić information content (AvgIpc) is 2.16. The largest absolute Gasteiger partial charge is 0.321 e. The summed E-state index contributed by atoms with van der Waals surface area (Å²) >= 11 is 0. The molecule has 0 radical (unpaired) electrons. The van der Waals surface area contributed by atoms with Gasteiger partial charge in [0.2, 0.25) is 0 Å². The van der Waals surface area contributed by atoms with Crippen LogP contribution in [0.3, 0.4) is 0 Å². The molecule has 0 saturated carbocycles. The van der Waals surface area contributed by atoms with E-state index in [4.69, 9.17) is 11.0 Å². The molecule has 1 aromatic rings. The van der Waals surface area contributed by atoms with Crippen LogP contribution in [0.15, 0.2) is 30.9 Å². The summed E-state index contributed by atoms with van der Waals surface area (Å²) in [5.41, 5.74) is 6.07. The maximum atomic E-state index is 13.0. The Bertz CT molecular complexity index is 366. The highest BCUT2D eigenvalue weighted by molar-refractivity contribution is 5.41. The third-order valence-electron chi connectivity index (χ3n) is 1.77. The summed E-state index contributed by atoms with van der Waals surface area (Å²) in [6.45, 7) is 3.49. The Morgan fingerprint density at radius 3 is 2.85 bits per heavy atom. The standard InChI is InChI=1S/C10H9FN2/c1-2-10(13)7-4-3-5-9(11)8(7)6-12/h2-5,10H,1,13H2/t10-/m0/s1. The highest BCUT2D eigenvalue weighted by atomic mass is 19.1. The lowest BCUT2D eigenvalue weighted by molar-refractivity contribution is 0.619. The lowest BCUT2D eigenvalue weighted by Crippen LogP contribution is -2.09. The van der Waals surface area contributed by atoms with Gasteiger partial charge < -0.3 is 5.73 Å². The molecule has 0 spiro atoms. The summed E-state index contributed by atoms with van der Waals surface area (Å²) in [6.07, 6.45) is 1.47. The number of nitrogens with zero attached hydrogens (tertiary/aromatic N) is 1. The van der Waals surface area contributed by atoms with Crippen LogP contribution in [0.4, 0.5) is 4.39 Å². The smallest absolute Gasteiger partial charge is 0.141 e. The molecule has 3 heteroatoms. The second-order valence-electron chi connectivity index (χ2n) is 2.58. The Morgan fingerprint density at radius 1 is 1.62 bits per heavy atom. The highest BCUT2D eigenvalue weighted by Gasteiger charge is 2.11. The number of hydrogen-bond donors (Lipinski definition) is 1. The predicted molar refractivity (Wildman–Crippen MR) is 48.2 cm³/mol. The number of nitrogens with two attached hydrogens (primary N) is 1. The molecular formula is C10H9FN2. The van der Waals surface area contributed by atoms with Crippen molar-refractivity contribution in [1.82, 2.24) is 0 Å². The molecule has 1 atom stereocenters. The van der Waals surface area contributed by atoms with Crippen LogP contribution in [0, 0.1) is 17.1 Å². The van der Waals surface area contributed by atoms with Crippen molar-refractivity contribution in [3.63, 3.8) is 0 Å². The number of nitriles is 1. The molecule has 2 nitrogen and oxygen atoms in total. The van der Waals surface area contributed by atoms with Crippen molar-refractivity contribution in [3.8, 4) is 6.07 Å². The third-order valence-corrected chi connectivity index (χ3v) is 1.77. The van der Waals surface area contributed by atoms with Crippen molar-refractivity contribution in [2.24, 2.45) is 5.73 Å². The fourth-order valence-corrected chi connectivity index (χ4v) is 1.06. The van der Waals surface area contributed by atoms with E-state index in [-0.39, 0.29) is 5.56 Å². The van der Waals surface area contributed by atoms with Gasteiger partial charge >= 0.3 is 0 Å². The van der Waals surface area contributed by atoms with E-state index < -0.39 is 11.9 Å². The van der Waals surface area contributed by atoms with Crippen molar-refractivity contribution in [2.45, 2.75) is 6.04 Å². The Hall–Kier alpha value is -1.66. The van der Waals surface area contributed by atoms with E-state index in [1.54, 1.807) is 12.1 Å². The van der Waals surface area contributed by atoms with Gasteiger partial charge in [0.25, 0.3) is 0 Å². The minimum absolute atomic E-state index is 0.00472. The zero-order chi connectivity index (χ0) is 9.84. The molecule has 0 heterocycles. The van der Waals surface area contributed by atoms with E-state index in [1.807, 2.05) is 0 Å². The number of halogens is 1. The van der Waals surface area contributed by atoms with Crippen LogP contribution in [-0.2, 0) is 0 Å². The summed E-state index contributed by atoms with van der Waals surface area (Å²) in [5.74, 6) is -0.544. The van der Waals surface area contributed by atoms with E-state index in [1.165, 1.54) is 18.2 Å². The molecule has 1 rings (SSSR count). The van der Waals surface area contributed by atoms with Crippen LogP contribution in [-0.4, -0.2) is 0 Å². The van der Waals surface area contributed by atoms with E-state index in [0.29, 0.717) is 5.56 Å². The minimum Gasteiger partial charge on any atom is -0.321 e. The van der Waals surface area contributed by atoms with Gasteiger partial charge in [-0.05, 0) is 11.6 Å². The van der Waals surface area contributed by atoms with E-state index in [0.717, 1.165) is 0 Å². The normalized spacial score (nSPS) is 11.8. The van der Waals surface area contributed by atoms with Gasteiger partial charge in [-0.15, -0.1) is 6.58 Å². The average molecular weight is 176 g/mol. The van der Waals surface area contributed by atoms with Crippen molar-refractivity contribution >= 4 is 0 Å². The second kappa shape index (κ2) is 3.83. The molecule has 0 aliphatic carbocycles. The first-order valence-electron chi connectivity index (χ1n) is 3.77. The summed E-state index contributed by atoms with van der Waals surface area (Å²) in [5, 5.41) is 8.66. The van der Waals surface area contributed by atoms with Gasteiger partial charge in [-0.25, -0.2) is 4.39 Å². The lowest BCUT2D eigenvalue weighted by atomic mass is 10.0. The van der Waals surface area contributed by atoms with Gasteiger partial charge in [0, 0.05) is 6.04 Å². The Kier molecular flexibility index (Phi) is 2.78. The quantitative estimate of drug-likeness (QED) is 0.699. The molecule has 1 aromatic carbocycles. The molecule has 2 N–H and O–H groups in total. The summed E-state index contributed by atoms with van der Waals surface area (Å²) in [6, 6.07) is 5.66. The first-order chi connectivity index (χ1) is 6.20. The summed E-state index contributed by atoms with van der Waals surface area (Å²) in [7, 11) is 0. The Balaban J connectivity index is 3.29. The number of benzene rings is 1. The van der Waals surface area contributed by atoms with Crippen LogP contribution in [0.25, 0.3) is 0 Å². The van der Waals surface area contributed by atoms with E-state index in [9.17, 15) is 4.39 Å². The molecule has 0 bridgehead atoms. The van der Waals surface area contributed by atoms with Gasteiger partial charge in [0.1, 0.15) is 11.9 Å². The molecule has 0 fully saturated rings. The summed E-state index contributed by atoms with van der Waals surface area (Å²) < 4.78 is 13.0. The van der Waals surface area contributed by atoms with Gasteiger partial charge in [-0.2, -0.15) is 5.26 Å². The fourth-order valence-electron chi connectivity index (χ4n) is 1.06. The van der Waals surface area contributed by atoms with E-state index >= 15 is 0 Å². The highest BCUT2D eigenvalue weighted by Crippen LogP contribution is 2.18. The number of rotatable bonds is 2. The first kappa shape index (κ1) is 9.43. The van der Waals surface area contributed by atoms with Crippen LogP contribution in [0.1, 0.15) is 17.2 Å². The van der Waals surface area contributed by atoms with E-state index in [2.05, 4.69) is 6.58 Å². The van der Waals surface area contributed by atoms with Crippen molar-refractivity contribution in [2.75, 3.05) is 0 Å². The fraction of sp³-hybridized carbons (Fsp3) is 0.100. The molecule has 0 aliphatic heterocycles. The van der Waals surface area contributed by atoms with Crippen LogP contribution < -0.4 is 5.73 Å². The van der Waals surface area contributed by atoms with Gasteiger partial charge in [-0.3, -0.25) is 0 Å². The second-order valence-corrected chi connectivity index (χ2v) is 2.58. The summed E-state index contributed by atoms with van der Waals surface area (Å²) in [4.78, 5) is 0. The molecule has 0 aromatic heterocycles. The van der Waals surface area contributed by atoms with Crippen molar-refractivity contribution in [1.29, 1.82) is 5.26 Å². The lowest BCUT2D eigenvalue weighted by Gasteiger charge is -2.08. The molecule has 13 heavy (non-hydrogen) atoms. The Labute approximate surface area is 76.1 Å². The van der Waals surface area contributed by atoms with Crippen molar-refractivity contribution < 1.29 is 4.39 Å². The van der Waals surface area contributed by atoms with Crippen molar-refractivity contribution in [3.05, 3.63) is 47.8 Å². The molecular weight excluding hydrogens is 167 g/mol. The van der Waals surface area contributed by atoms with Crippen LogP contribution in [0.2, 0.25) is 0 Å². The number of hydrogen-bond acceptors (Lipinski definition) is 2. The topological polar surface area (TPSA) is 49.8 Å². The van der Waals surface area contributed by atoms with Gasteiger partial charge in [0.05, 0.1) is 5.56 Å². The molecule has 0 aliphatic rings. The van der Waals surface area contributed by atoms with Crippen LogP contribution in [0.5, 0.6) is 0 Å². The maximum absolute atomic E-state index is 13.0. The third kappa shape index (κ3) is 1.74. The Morgan fingerprint density at radius 2 is 2.31 bits per heavy atom. The molecule has 0 saturated heterocycles. The predicted octanol–water partition coefficient (Wildman–Crippen LogP) is 1.88. The minimum atomic E-state index is -0.544. The molecule has 0 amide bonds.